The van der Waals surface area contributed by atoms with Gasteiger partial charge in [0.25, 0.3) is 0 Å². The minimum Gasteiger partial charge on any atom is -0.441 e. The van der Waals surface area contributed by atoms with Crippen molar-refractivity contribution < 1.29 is 23.5 Å². The number of likely N-dealkylation sites (tertiary alicyclic amines) is 1. The quantitative estimate of drug-likeness (QED) is 0.662. The molecule has 0 aliphatic carbocycles. The molecule has 7 heteroatoms. The van der Waals surface area contributed by atoms with E-state index in [4.69, 9.17) is 9.47 Å². The smallest absolute Gasteiger partial charge is 0.415 e. The van der Waals surface area contributed by atoms with E-state index in [-0.39, 0.29) is 11.7 Å². The molecule has 6 nitrogen and oxygen atoms in total. The summed E-state index contributed by atoms with van der Waals surface area (Å²) in [5.41, 5.74) is 0.556. The lowest BCUT2D eigenvalue weighted by atomic mass is 9.74. The maximum Gasteiger partial charge on any atom is 0.415 e. The predicted molar refractivity (Wildman–Crippen MR) is 126 cm³/mol. The third-order valence-electron chi connectivity index (χ3n) is 7.56. The molecule has 180 valence electrons. The summed E-state index contributed by atoms with van der Waals surface area (Å²) in [7, 11) is 0. The Bertz CT molecular complexity index is 1040. The number of carbonyl (C=O) groups excluding carboxylic acids is 2. The molecule has 0 saturated carbocycles. The van der Waals surface area contributed by atoms with Crippen molar-refractivity contribution in [3.05, 3.63) is 66.0 Å². The lowest BCUT2D eigenvalue weighted by Gasteiger charge is -2.40. The van der Waals surface area contributed by atoms with Gasteiger partial charge < -0.3 is 14.4 Å². The molecule has 0 N–H and O–H groups in total. The number of halogens is 1. The zero-order valence-corrected chi connectivity index (χ0v) is 19.4. The molecule has 1 unspecified atom stereocenters. The summed E-state index contributed by atoms with van der Waals surface area (Å²) >= 11 is 0. The van der Waals surface area contributed by atoms with E-state index in [0.717, 1.165) is 6.42 Å². The van der Waals surface area contributed by atoms with Crippen LogP contribution in [0.15, 0.2) is 54.6 Å². The number of anilines is 1. The van der Waals surface area contributed by atoms with Crippen LogP contribution in [-0.2, 0) is 20.7 Å². The highest BCUT2D eigenvalue weighted by atomic mass is 19.1. The largest absolute Gasteiger partial charge is 0.441 e. The van der Waals surface area contributed by atoms with Gasteiger partial charge in [-0.15, -0.1) is 0 Å². The number of hydrogen-bond acceptors (Lipinski definition) is 4. The number of benzene rings is 2. The van der Waals surface area contributed by atoms with Crippen molar-refractivity contribution in [1.29, 1.82) is 0 Å². The second kappa shape index (κ2) is 9.37. The lowest BCUT2D eigenvalue weighted by Crippen LogP contribution is -2.49. The Morgan fingerprint density at radius 1 is 0.971 bits per heavy atom. The molecule has 34 heavy (non-hydrogen) atoms. The van der Waals surface area contributed by atoms with Gasteiger partial charge in [0, 0.05) is 32.7 Å². The summed E-state index contributed by atoms with van der Waals surface area (Å²) in [5, 5.41) is 0. The molecule has 1 atom stereocenters. The van der Waals surface area contributed by atoms with E-state index in [0.29, 0.717) is 70.6 Å². The zero-order chi connectivity index (χ0) is 23.6. The maximum atomic E-state index is 13.9. The second-order valence-corrected chi connectivity index (χ2v) is 9.82. The van der Waals surface area contributed by atoms with Crippen LogP contribution in [0.3, 0.4) is 0 Å². The van der Waals surface area contributed by atoms with Crippen LogP contribution in [0.25, 0.3) is 0 Å². The molecule has 3 aliphatic heterocycles. The van der Waals surface area contributed by atoms with E-state index >= 15 is 0 Å². The van der Waals surface area contributed by atoms with Gasteiger partial charge in [0.2, 0.25) is 5.91 Å². The first-order valence-electron chi connectivity index (χ1n) is 12.2. The number of hydrogen-bond donors (Lipinski definition) is 0. The van der Waals surface area contributed by atoms with Gasteiger partial charge in [0.1, 0.15) is 11.4 Å². The van der Waals surface area contributed by atoms with Gasteiger partial charge in [0.05, 0.1) is 17.6 Å². The highest BCUT2D eigenvalue weighted by Gasteiger charge is 2.48. The molecule has 0 bridgehead atoms. The molecule has 2 amide bonds. The Labute approximate surface area is 199 Å². The van der Waals surface area contributed by atoms with Gasteiger partial charge in [-0.1, -0.05) is 36.4 Å². The Balaban J connectivity index is 1.31. The molecule has 0 radical (unpaired) electrons. The third kappa shape index (κ3) is 4.53. The van der Waals surface area contributed by atoms with Gasteiger partial charge in [0.15, 0.2) is 0 Å². The van der Waals surface area contributed by atoms with Gasteiger partial charge in [-0.2, -0.15) is 0 Å². The normalized spacial score (nSPS) is 24.7. The maximum absolute atomic E-state index is 13.9. The standard InChI is InChI=1S/C27H31FN2O4/c28-22-8-4-9-23(18-22)30-20-27(34-25(30)32)10-5-14-29(15-11-27)24(31)26(12-16-33-17-13-26)19-21-6-2-1-3-7-21/h1-4,6-9,18H,5,10-17,19-20H2. The molecule has 0 aromatic heterocycles. The van der Waals surface area contributed by atoms with Crippen molar-refractivity contribution in [3.8, 4) is 0 Å². The van der Waals surface area contributed by atoms with Gasteiger partial charge in [-0.25, -0.2) is 9.18 Å². The van der Waals surface area contributed by atoms with Crippen LogP contribution in [0.4, 0.5) is 14.9 Å². The summed E-state index contributed by atoms with van der Waals surface area (Å²) in [4.78, 5) is 30.1. The van der Waals surface area contributed by atoms with Gasteiger partial charge in [-0.05, 0) is 55.9 Å². The van der Waals surface area contributed by atoms with Crippen LogP contribution < -0.4 is 4.90 Å². The highest BCUT2D eigenvalue weighted by molar-refractivity contribution is 5.90. The Kier molecular flexibility index (Phi) is 6.30. The molecule has 3 heterocycles. The van der Waals surface area contributed by atoms with Crippen LogP contribution >= 0.6 is 0 Å². The van der Waals surface area contributed by atoms with Crippen molar-refractivity contribution in [2.75, 3.05) is 37.7 Å². The fourth-order valence-corrected chi connectivity index (χ4v) is 5.65. The van der Waals surface area contributed by atoms with E-state index in [1.807, 2.05) is 23.1 Å². The average Bonchev–Trinajstić information content (AvgIpc) is 3.04. The number of carbonyl (C=O) groups is 2. The minimum atomic E-state index is -0.652. The SMILES string of the molecule is O=C1OC2(CCCN(C(=O)C3(Cc4ccccc4)CCOCC3)CC2)CN1c1cccc(F)c1. The van der Waals surface area contributed by atoms with Crippen molar-refractivity contribution in [2.45, 2.75) is 44.1 Å². The minimum absolute atomic E-state index is 0.183. The predicted octanol–water partition coefficient (Wildman–Crippen LogP) is 4.57. The lowest BCUT2D eigenvalue weighted by molar-refractivity contribution is -0.148. The van der Waals surface area contributed by atoms with Crippen LogP contribution in [0.1, 0.15) is 37.7 Å². The molecule has 2 aromatic rings. The van der Waals surface area contributed by atoms with Crippen molar-refractivity contribution >= 4 is 17.7 Å². The van der Waals surface area contributed by atoms with Crippen molar-refractivity contribution in [1.82, 2.24) is 4.90 Å². The number of amides is 2. The first kappa shape index (κ1) is 22.8. The van der Waals surface area contributed by atoms with Gasteiger partial charge in [-0.3, -0.25) is 9.69 Å². The summed E-state index contributed by atoms with van der Waals surface area (Å²) < 4.78 is 25.2. The molecule has 5 rings (SSSR count). The van der Waals surface area contributed by atoms with E-state index in [1.54, 1.807) is 12.1 Å². The summed E-state index contributed by atoms with van der Waals surface area (Å²) in [6, 6.07) is 16.2. The molecule has 1 spiro atoms. The van der Waals surface area contributed by atoms with Crippen LogP contribution in [0.5, 0.6) is 0 Å². The first-order valence-corrected chi connectivity index (χ1v) is 12.2. The Hall–Kier alpha value is -2.93. The topological polar surface area (TPSA) is 59.1 Å². The molecule has 3 saturated heterocycles. The Morgan fingerprint density at radius 2 is 1.76 bits per heavy atom. The van der Waals surface area contributed by atoms with E-state index in [9.17, 15) is 14.0 Å². The molecule has 3 fully saturated rings. The van der Waals surface area contributed by atoms with Gasteiger partial charge >= 0.3 is 6.09 Å². The molecular weight excluding hydrogens is 435 g/mol. The molecule has 3 aliphatic rings. The third-order valence-corrected chi connectivity index (χ3v) is 7.56. The van der Waals surface area contributed by atoms with Crippen molar-refractivity contribution in [2.24, 2.45) is 5.41 Å². The number of rotatable bonds is 4. The summed E-state index contributed by atoms with van der Waals surface area (Å²) in [6.45, 7) is 2.75. The number of ether oxygens (including phenoxy) is 2. The van der Waals surface area contributed by atoms with E-state index in [1.165, 1.54) is 22.6 Å². The van der Waals surface area contributed by atoms with Crippen LogP contribution in [-0.4, -0.2) is 55.3 Å². The Morgan fingerprint density at radius 3 is 2.53 bits per heavy atom. The van der Waals surface area contributed by atoms with Crippen molar-refractivity contribution in [3.63, 3.8) is 0 Å². The van der Waals surface area contributed by atoms with E-state index in [2.05, 4.69) is 12.1 Å². The summed E-state index contributed by atoms with van der Waals surface area (Å²) in [6.07, 6.45) is 3.70. The molecule has 2 aromatic carbocycles. The average molecular weight is 467 g/mol. The number of nitrogens with zero attached hydrogens (tertiary/aromatic N) is 2. The fourth-order valence-electron chi connectivity index (χ4n) is 5.65. The zero-order valence-electron chi connectivity index (χ0n) is 19.4. The summed E-state index contributed by atoms with van der Waals surface area (Å²) in [5.74, 6) is -0.202. The van der Waals surface area contributed by atoms with Crippen LogP contribution in [0.2, 0.25) is 0 Å². The highest BCUT2D eigenvalue weighted by Crippen LogP contribution is 2.40. The van der Waals surface area contributed by atoms with E-state index < -0.39 is 17.1 Å². The first-order chi connectivity index (χ1) is 16.5. The molecular formula is C27H31FN2O4. The monoisotopic (exact) mass is 466 g/mol. The van der Waals surface area contributed by atoms with Crippen LogP contribution in [0, 0.1) is 11.2 Å². The second-order valence-electron chi connectivity index (χ2n) is 9.82. The fraction of sp³-hybridized carbons (Fsp3) is 0.481.